The Labute approximate surface area is 174 Å². The van der Waals surface area contributed by atoms with E-state index in [-0.39, 0.29) is 18.3 Å². The van der Waals surface area contributed by atoms with E-state index in [1.54, 1.807) is 0 Å². The first-order valence-electron chi connectivity index (χ1n) is 9.14. The van der Waals surface area contributed by atoms with Gasteiger partial charge in [0.15, 0.2) is 5.82 Å². The number of halogens is 1. The highest BCUT2D eigenvalue weighted by Gasteiger charge is 2.23. The second-order valence-corrected chi connectivity index (χ2v) is 7.65. The molecule has 0 saturated carbocycles. The number of thiophene rings is 1. The third-order valence-electron chi connectivity index (χ3n) is 4.79. The predicted octanol–water partition coefficient (Wildman–Crippen LogP) is 3.88. The molecule has 0 unspecified atom stereocenters. The molecule has 0 spiro atoms. The number of rotatable bonds is 4. The van der Waals surface area contributed by atoms with Gasteiger partial charge in [-0.25, -0.2) is 0 Å². The van der Waals surface area contributed by atoms with E-state index in [4.69, 9.17) is 4.52 Å². The molecule has 0 N–H and O–H groups in total. The largest absolute Gasteiger partial charge is 0.337 e. The molecule has 1 amide bonds. The summed E-state index contributed by atoms with van der Waals surface area (Å²) < 4.78 is 5.39. The van der Waals surface area contributed by atoms with Crippen LogP contribution in [-0.4, -0.2) is 52.0 Å². The summed E-state index contributed by atoms with van der Waals surface area (Å²) in [6.45, 7) is 5.87. The number of hydrogen-bond acceptors (Lipinski definition) is 6. The molecular weight excluding hydrogens is 396 g/mol. The molecule has 1 saturated heterocycles. The van der Waals surface area contributed by atoms with Gasteiger partial charge in [0, 0.05) is 31.7 Å². The van der Waals surface area contributed by atoms with E-state index < -0.39 is 0 Å². The summed E-state index contributed by atoms with van der Waals surface area (Å²) in [6, 6.07) is 11.8. The zero-order valence-corrected chi connectivity index (χ0v) is 17.3. The van der Waals surface area contributed by atoms with E-state index in [1.807, 2.05) is 53.6 Å². The molecule has 0 atom stereocenters. The van der Waals surface area contributed by atoms with Gasteiger partial charge >= 0.3 is 0 Å². The Bertz CT molecular complexity index is 912. The lowest BCUT2D eigenvalue weighted by molar-refractivity contribution is 0.0765. The van der Waals surface area contributed by atoms with E-state index >= 15 is 0 Å². The molecule has 2 aromatic heterocycles. The third-order valence-corrected chi connectivity index (χ3v) is 5.79. The zero-order chi connectivity index (χ0) is 18.6. The number of benzene rings is 1. The Balaban J connectivity index is 0.00000225. The molecule has 1 aliphatic rings. The van der Waals surface area contributed by atoms with E-state index in [0.717, 1.165) is 48.6 Å². The number of aryl methyl sites for hydroxylation is 1. The highest BCUT2D eigenvalue weighted by atomic mass is 35.5. The maximum atomic E-state index is 12.7. The lowest BCUT2D eigenvalue weighted by atomic mass is 10.2. The van der Waals surface area contributed by atoms with E-state index in [9.17, 15) is 4.79 Å². The van der Waals surface area contributed by atoms with Crippen molar-refractivity contribution in [3.8, 4) is 11.5 Å². The Morgan fingerprint density at radius 3 is 2.71 bits per heavy atom. The Morgan fingerprint density at radius 1 is 1.14 bits per heavy atom. The second kappa shape index (κ2) is 9.32. The number of carbonyl (C=O) groups is 1. The van der Waals surface area contributed by atoms with E-state index in [0.29, 0.717) is 18.3 Å². The van der Waals surface area contributed by atoms with Crippen LogP contribution < -0.4 is 0 Å². The Morgan fingerprint density at radius 2 is 1.96 bits per heavy atom. The Hall–Kier alpha value is -2.22. The molecule has 1 aromatic carbocycles. The number of hydrogen-bond donors (Lipinski definition) is 0. The standard InChI is InChI=1S/C20H22N4O2S.ClH/c1-15-8-13-27-18(15)20(25)24-10-5-9-23(11-12-24)14-17-21-19(26-22-17)16-6-3-2-4-7-16;/h2-4,6-8,13H,5,9-12,14H2,1H3;1H. The van der Waals surface area contributed by atoms with Crippen LogP contribution in [0, 0.1) is 6.92 Å². The highest BCUT2D eigenvalue weighted by molar-refractivity contribution is 7.12. The van der Waals surface area contributed by atoms with Crippen molar-refractivity contribution < 1.29 is 9.32 Å². The summed E-state index contributed by atoms with van der Waals surface area (Å²) in [4.78, 5) is 22.4. The summed E-state index contributed by atoms with van der Waals surface area (Å²) in [6.07, 6.45) is 0.944. The molecule has 3 heterocycles. The molecule has 1 aliphatic heterocycles. The molecule has 4 rings (SSSR count). The van der Waals surface area contributed by atoms with Crippen LogP contribution in [-0.2, 0) is 6.54 Å². The summed E-state index contributed by atoms with van der Waals surface area (Å²) in [5, 5.41) is 6.10. The minimum atomic E-state index is 0. The molecule has 148 valence electrons. The van der Waals surface area contributed by atoms with Crippen molar-refractivity contribution in [1.29, 1.82) is 0 Å². The average molecular weight is 419 g/mol. The van der Waals surface area contributed by atoms with Gasteiger partial charge in [-0.15, -0.1) is 23.7 Å². The van der Waals surface area contributed by atoms with Crippen molar-refractivity contribution in [1.82, 2.24) is 19.9 Å². The van der Waals surface area contributed by atoms with Gasteiger partial charge in [0.1, 0.15) is 0 Å². The van der Waals surface area contributed by atoms with Crippen molar-refractivity contribution in [3.05, 3.63) is 58.0 Å². The minimum absolute atomic E-state index is 0. The van der Waals surface area contributed by atoms with Crippen LogP contribution in [0.2, 0.25) is 0 Å². The van der Waals surface area contributed by atoms with Crippen molar-refractivity contribution in [2.75, 3.05) is 26.2 Å². The first-order valence-corrected chi connectivity index (χ1v) is 10.0. The van der Waals surface area contributed by atoms with Gasteiger partial charge in [-0.2, -0.15) is 4.98 Å². The lowest BCUT2D eigenvalue weighted by Gasteiger charge is -2.21. The Kier molecular flexibility index (Phi) is 6.83. The average Bonchev–Trinajstić information content (AvgIpc) is 3.26. The van der Waals surface area contributed by atoms with Crippen molar-refractivity contribution in [2.24, 2.45) is 0 Å². The van der Waals surface area contributed by atoms with Crippen LogP contribution in [0.3, 0.4) is 0 Å². The van der Waals surface area contributed by atoms with Gasteiger partial charge in [0.25, 0.3) is 11.8 Å². The van der Waals surface area contributed by atoms with Gasteiger partial charge in [-0.3, -0.25) is 9.69 Å². The van der Waals surface area contributed by atoms with Gasteiger partial charge < -0.3 is 9.42 Å². The maximum Gasteiger partial charge on any atom is 0.264 e. The van der Waals surface area contributed by atoms with Crippen LogP contribution in [0.25, 0.3) is 11.5 Å². The van der Waals surface area contributed by atoms with Crippen LogP contribution in [0.1, 0.15) is 27.5 Å². The van der Waals surface area contributed by atoms with Crippen LogP contribution in [0.4, 0.5) is 0 Å². The van der Waals surface area contributed by atoms with Crippen molar-refractivity contribution >= 4 is 29.7 Å². The topological polar surface area (TPSA) is 62.5 Å². The molecule has 0 bridgehead atoms. The molecule has 28 heavy (non-hydrogen) atoms. The summed E-state index contributed by atoms with van der Waals surface area (Å²) in [5.74, 6) is 1.38. The van der Waals surface area contributed by atoms with Crippen LogP contribution in [0.5, 0.6) is 0 Å². The first kappa shape index (κ1) is 20.5. The minimum Gasteiger partial charge on any atom is -0.337 e. The smallest absolute Gasteiger partial charge is 0.264 e. The fraction of sp³-hybridized carbons (Fsp3) is 0.350. The number of nitrogens with zero attached hydrogens (tertiary/aromatic N) is 4. The molecular formula is C20H23ClN4O2S. The SMILES string of the molecule is Cc1ccsc1C(=O)N1CCCN(Cc2noc(-c3ccccc3)n2)CC1.Cl. The second-order valence-electron chi connectivity index (χ2n) is 6.74. The van der Waals surface area contributed by atoms with Gasteiger partial charge in [-0.05, 0) is 42.5 Å². The molecule has 3 aromatic rings. The summed E-state index contributed by atoms with van der Waals surface area (Å²) >= 11 is 1.52. The summed E-state index contributed by atoms with van der Waals surface area (Å²) in [7, 11) is 0. The maximum absolute atomic E-state index is 12.7. The van der Waals surface area contributed by atoms with E-state index in [1.165, 1.54) is 11.3 Å². The molecule has 0 radical (unpaired) electrons. The normalized spacial score (nSPS) is 15.1. The van der Waals surface area contributed by atoms with Crippen LogP contribution >= 0.6 is 23.7 Å². The molecule has 1 fully saturated rings. The lowest BCUT2D eigenvalue weighted by Crippen LogP contribution is -2.35. The number of carbonyl (C=O) groups excluding carboxylic acids is 1. The fourth-order valence-electron chi connectivity index (χ4n) is 3.28. The van der Waals surface area contributed by atoms with Crippen molar-refractivity contribution in [2.45, 2.75) is 19.9 Å². The van der Waals surface area contributed by atoms with E-state index in [2.05, 4.69) is 15.0 Å². The first-order chi connectivity index (χ1) is 13.2. The predicted molar refractivity (Wildman–Crippen MR) is 112 cm³/mol. The third kappa shape index (κ3) is 4.60. The van der Waals surface area contributed by atoms with Crippen molar-refractivity contribution in [3.63, 3.8) is 0 Å². The van der Waals surface area contributed by atoms with Gasteiger partial charge in [0.2, 0.25) is 0 Å². The molecule has 8 heteroatoms. The molecule has 0 aliphatic carbocycles. The fourth-order valence-corrected chi connectivity index (χ4v) is 4.18. The summed E-state index contributed by atoms with van der Waals surface area (Å²) in [5.41, 5.74) is 1.99. The van der Waals surface area contributed by atoms with Gasteiger partial charge in [-0.1, -0.05) is 23.4 Å². The highest BCUT2D eigenvalue weighted by Crippen LogP contribution is 2.20. The quantitative estimate of drug-likeness (QED) is 0.643. The number of amides is 1. The monoisotopic (exact) mass is 418 g/mol. The van der Waals surface area contributed by atoms with Gasteiger partial charge in [0.05, 0.1) is 11.4 Å². The molecule has 6 nitrogen and oxygen atoms in total. The number of aromatic nitrogens is 2. The zero-order valence-electron chi connectivity index (χ0n) is 15.7. The van der Waals surface area contributed by atoms with Crippen LogP contribution in [0.15, 0.2) is 46.3 Å².